The van der Waals surface area contributed by atoms with E-state index < -0.39 is 5.82 Å². The Morgan fingerprint density at radius 1 is 0.279 bits per heavy atom. The molecule has 0 saturated heterocycles. The summed E-state index contributed by atoms with van der Waals surface area (Å²) < 4.78 is 28.3. The molecule has 0 atom stereocenters. The highest BCUT2D eigenvalue weighted by Crippen LogP contribution is 2.48. The number of para-hydroxylation sites is 8. The van der Waals surface area contributed by atoms with E-state index in [1.54, 1.807) is 0 Å². The molecule has 0 N–H and O–H groups in total. The lowest BCUT2D eigenvalue weighted by Crippen LogP contribution is -2.17. The first-order valence-corrected chi connectivity index (χ1v) is 20.5. The van der Waals surface area contributed by atoms with E-state index in [1.165, 1.54) is 0 Å². The first-order valence-electron chi connectivity index (χ1n) is 20.5. The van der Waals surface area contributed by atoms with E-state index in [4.69, 9.17) is 0 Å². The maximum Gasteiger partial charge on any atom is 0.175 e. The number of hydrogen-bond acceptors (Lipinski definition) is 1. The van der Waals surface area contributed by atoms with Gasteiger partial charge in [0.15, 0.2) is 5.82 Å². The second-order valence-electron chi connectivity index (χ2n) is 15.7. The predicted octanol–water partition coefficient (Wildman–Crippen LogP) is 14.1. The quantitative estimate of drug-likeness (QED) is 0.175. The molecule has 0 saturated carbocycles. The van der Waals surface area contributed by atoms with Gasteiger partial charge in [-0.25, -0.2) is 4.39 Å². The molecule has 6 heteroatoms. The van der Waals surface area contributed by atoms with Gasteiger partial charge in [0, 0.05) is 43.1 Å². The number of nitriles is 1. The van der Waals surface area contributed by atoms with Crippen LogP contribution in [-0.2, 0) is 0 Å². The average Bonchev–Trinajstić information content (AvgIpc) is 4.04. The van der Waals surface area contributed by atoms with Crippen molar-refractivity contribution in [1.29, 1.82) is 5.26 Å². The Morgan fingerprint density at radius 3 is 0.656 bits per heavy atom. The van der Waals surface area contributed by atoms with Crippen molar-refractivity contribution >= 4 is 87.2 Å². The molecule has 13 rings (SSSR count). The summed E-state index contributed by atoms with van der Waals surface area (Å²) in [6.45, 7) is 0. The molecular weight excluding hydrogens is 750 g/mol. The van der Waals surface area contributed by atoms with Gasteiger partial charge in [-0.3, -0.25) is 0 Å². The Bertz CT molecular complexity index is 3570. The Hall–Kier alpha value is -8.40. The fraction of sp³-hybridized carbons (Fsp3) is 0. The molecule has 284 valence electrons. The van der Waals surface area contributed by atoms with E-state index in [2.05, 4.69) is 112 Å². The van der Waals surface area contributed by atoms with Crippen LogP contribution in [0.2, 0.25) is 0 Å². The van der Waals surface area contributed by atoms with E-state index in [9.17, 15) is 5.26 Å². The molecule has 0 aliphatic carbocycles. The van der Waals surface area contributed by atoms with Gasteiger partial charge in [-0.15, -0.1) is 0 Å². The molecule has 0 spiro atoms. The maximum atomic E-state index is 20.0. The van der Waals surface area contributed by atoms with Crippen molar-refractivity contribution in [3.05, 3.63) is 206 Å². The number of rotatable bonds is 4. The molecule has 0 aliphatic heterocycles. The highest BCUT2D eigenvalue weighted by Gasteiger charge is 2.34. The molecular formula is C55H32FN5. The third-order valence-electron chi connectivity index (χ3n) is 12.7. The standard InChI is InChI=1S/C55H32FN5/c56-51-54(60-47-29-13-5-21-38(47)39-22-6-14-30-48(39)60)52(58-43-25-9-1-17-34(43)35-18-2-10-26-44(35)58)42(33-57)53(59-45-27-11-3-19-36(45)37-20-4-12-28-46(37)59)55(51)61-49-31-15-7-23-40(49)41-24-8-16-32-50(41)61/h1-32H. The highest BCUT2D eigenvalue weighted by molar-refractivity contribution is 6.15. The van der Waals surface area contributed by atoms with Gasteiger partial charge < -0.3 is 18.3 Å². The number of fused-ring (bicyclic) bond motifs is 12. The number of halogens is 1. The summed E-state index contributed by atoms with van der Waals surface area (Å²) in [6, 6.07) is 68.4. The van der Waals surface area contributed by atoms with Crippen LogP contribution in [0.25, 0.3) is 110 Å². The number of hydrogen-bond donors (Lipinski definition) is 0. The minimum atomic E-state index is -0.453. The van der Waals surface area contributed by atoms with Gasteiger partial charge in [-0.2, -0.15) is 5.26 Å². The van der Waals surface area contributed by atoms with Gasteiger partial charge in [0.1, 0.15) is 23.0 Å². The van der Waals surface area contributed by atoms with E-state index in [1.807, 2.05) is 106 Å². The summed E-state index contributed by atoms with van der Waals surface area (Å²) in [5.41, 5.74) is 8.71. The Morgan fingerprint density at radius 2 is 0.459 bits per heavy atom. The fourth-order valence-corrected chi connectivity index (χ4v) is 10.3. The van der Waals surface area contributed by atoms with E-state index >= 15 is 4.39 Å². The topological polar surface area (TPSA) is 43.5 Å². The van der Waals surface area contributed by atoms with Crippen LogP contribution in [0.3, 0.4) is 0 Å². The molecule has 0 bridgehead atoms. The van der Waals surface area contributed by atoms with Gasteiger partial charge in [0.25, 0.3) is 0 Å². The predicted molar refractivity (Wildman–Crippen MR) is 248 cm³/mol. The largest absolute Gasteiger partial charge is 0.306 e. The summed E-state index contributed by atoms with van der Waals surface area (Å²) in [6.07, 6.45) is 0. The summed E-state index contributed by atoms with van der Waals surface area (Å²) in [5, 5.41) is 20.2. The Kier molecular flexibility index (Phi) is 6.90. The normalized spacial score (nSPS) is 12.0. The molecule has 9 aromatic carbocycles. The van der Waals surface area contributed by atoms with Crippen LogP contribution in [-0.4, -0.2) is 18.3 Å². The second-order valence-corrected chi connectivity index (χ2v) is 15.7. The van der Waals surface area contributed by atoms with Gasteiger partial charge in [0.2, 0.25) is 0 Å². The van der Waals surface area contributed by atoms with Crippen LogP contribution < -0.4 is 0 Å². The zero-order valence-electron chi connectivity index (χ0n) is 32.6. The molecule has 61 heavy (non-hydrogen) atoms. The van der Waals surface area contributed by atoms with Gasteiger partial charge >= 0.3 is 0 Å². The molecule has 0 aliphatic rings. The molecule has 0 unspecified atom stereocenters. The molecule has 0 amide bonds. The lowest BCUT2D eigenvalue weighted by atomic mass is 10.0. The molecule has 4 heterocycles. The number of benzene rings is 9. The van der Waals surface area contributed by atoms with Crippen molar-refractivity contribution in [2.24, 2.45) is 0 Å². The summed E-state index contributed by atoms with van der Waals surface area (Å²) in [5.74, 6) is -0.453. The van der Waals surface area contributed by atoms with Crippen molar-refractivity contribution in [2.45, 2.75) is 0 Å². The summed E-state index contributed by atoms with van der Waals surface area (Å²) >= 11 is 0. The summed E-state index contributed by atoms with van der Waals surface area (Å²) in [4.78, 5) is 0. The minimum Gasteiger partial charge on any atom is -0.306 e. The van der Waals surface area contributed by atoms with Crippen molar-refractivity contribution in [3.63, 3.8) is 0 Å². The highest BCUT2D eigenvalue weighted by atomic mass is 19.1. The van der Waals surface area contributed by atoms with Crippen molar-refractivity contribution < 1.29 is 4.39 Å². The average molecular weight is 782 g/mol. The van der Waals surface area contributed by atoms with Crippen molar-refractivity contribution in [1.82, 2.24) is 18.3 Å². The van der Waals surface area contributed by atoms with Gasteiger partial charge in [-0.1, -0.05) is 146 Å². The molecule has 4 aromatic heterocycles. The van der Waals surface area contributed by atoms with Crippen LogP contribution in [0.5, 0.6) is 0 Å². The Labute approximate surface area is 348 Å². The first-order chi connectivity index (χ1) is 30.2. The molecule has 13 aromatic rings. The lowest BCUT2D eigenvalue weighted by molar-refractivity contribution is 0.612. The maximum absolute atomic E-state index is 20.0. The molecule has 0 fully saturated rings. The second kappa shape index (κ2) is 12.6. The van der Waals surface area contributed by atoms with Crippen LogP contribution >= 0.6 is 0 Å². The van der Waals surface area contributed by atoms with E-state index in [0.717, 1.165) is 87.2 Å². The summed E-state index contributed by atoms with van der Waals surface area (Å²) in [7, 11) is 0. The van der Waals surface area contributed by atoms with Crippen LogP contribution in [0.1, 0.15) is 5.56 Å². The molecule has 5 nitrogen and oxygen atoms in total. The third kappa shape index (κ3) is 4.41. The fourth-order valence-electron chi connectivity index (χ4n) is 10.3. The van der Waals surface area contributed by atoms with E-state index in [-0.39, 0.29) is 0 Å². The van der Waals surface area contributed by atoms with Crippen molar-refractivity contribution in [2.75, 3.05) is 0 Å². The zero-order valence-corrected chi connectivity index (χ0v) is 32.6. The van der Waals surface area contributed by atoms with Crippen LogP contribution in [0.4, 0.5) is 4.39 Å². The minimum absolute atomic E-state index is 0.293. The SMILES string of the molecule is N#Cc1c(-n2c3ccccc3c3ccccc32)c(-n2c3ccccc3c3ccccc32)c(F)c(-n2c3ccccc3c3ccccc32)c1-n1c2ccccc2c2ccccc21. The third-order valence-corrected chi connectivity index (χ3v) is 12.7. The monoisotopic (exact) mass is 781 g/mol. The van der Waals surface area contributed by atoms with Gasteiger partial charge in [-0.05, 0) is 48.5 Å². The van der Waals surface area contributed by atoms with Crippen LogP contribution in [0, 0.1) is 17.1 Å². The smallest absolute Gasteiger partial charge is 0.175 e. The van der Waals surface area contributed by atoms with Crippen molar-refractivity contribution in [3.8, 4) is 28.8 Å². The Balaban J connectivity index is 1.37. The van der Waals surface area contributed by atoms with Gasteiger partial charge in [0.05, 0.1) is 55.5 Å². The van der Waals surface area contributed by atoms with Crippen LogP contribution in [0.15, 0.2) is 194 Å². The molecule has 0 radical (unpaired) electrons. The van der Waals surface area contributed by atoms with E-state index in [0.29, 0.717) is 28.3 Å². The number of nitrogens with zero attached hydrogens (tertiary/aromatic N) is 5. The first kappa shape index (κ1) is 33.6. The number of aromatic nitrogens is 4. The lowest BCUT2D eigenvalue weighted by Gasteiger charge is -2.26. The zero-order chi connectivity index (χ0) is 40.3.